The zero-order chi connectivity index (χ0) is 14.0. The third-order valence-corrected chi connectivity index (χ3v) is 2.67. The van der Waals surface area contributed by atoms with Crippen LogP contribution in [0.1, 0.15) is 11.4 Å². The molecule has 4 nitrogen and oxygen atoms in total. The first-order valence-corrected chi connectivity index (χ1v) is 5.66. The van der Waals surface area contributed by atoms with Gasteiger partial charge in [-0.1, -0.05) is 6.07 Å². The molecule has 0 aliphatic carbocycles. The van der Waals surface area contributed by atoms with Crippen LogP contribution in [0.15, 0.2) is 24.4 Å². The average molecular weight is 271 g/mol. The fourth-order valence-electron chi connectivity index (χ4n) is 1.72. The van der Waals surface area contributed by atoms with Crippen molar-refractivity contribution in [3.05, 3.63) is 35.8 Å². The van der Waals surface area contributed by atoms with E-state index in [9.17, 15) is 18.0 Å². The molecule has 0 radical (unpaired) electrons. The lowest BCUT2D eigenvalue weighted by atomic mass is 10.3. The van der Waals surface area contributed by atoms with Gasteiger partial charge < -0.3 is 9.72 Å². The number of imidazole rings is 1. The topological polar surface area (TPSA) is 46.4 Å². The fourth-order valence-corrected chi connectivity index (χ4v) is 1.72. The van der Waals surface area contributed by atoms with Gasteiger partial charge in [0.2, 0.25) is 0 Å². The summed E-state index contributed by atoms with van der Waals surface area (Å²) in [6.45, 7) is 1.81. The molecule has 19 heavy (non-hydrogen) atoms. The van der Waals surface area contributed by atoms with Gasteiger partial charge in [-0.05, 0) is 19.1 Å². The van der Waals surface area contributed by atoms with Crippen molar-refractivity contribution in [1.29, 1.82) is 0 Å². The number of aromatic nitrogens is 2. The van der Waals surface area contributed by atoms with Gasteiger partial charge in [0, 0.05) is 24.9 Å². The van der Waals surface area contributed by atoms with Crippen molar-refractivity contribution in [3.8, 4) is 0 Å². The predicted octanol–water partition coefficient (Wildman–Crippen LogP) is 1.86. The van der Waals surface area contributed by atoms with Gasteiger partial charge >= 0.3 is 12.1 Å². The average Bonchev–Trinajstić information content (AvgIpc) is 2.72. The van der Waals surface area contributed by atoms with Gasteiger partial charge in [-0.15, -0.1) is 0 Å². The summed E-state index contributed by atoms with van der Waals surface area (Å²) in [5, 5.41) is 1.82. The van der Waals surface area contributed by atoms with Gasteiger partial charge in [-0.2, -0.15) is 13.2 Å². The Hall–Kier alpha value is -2.05. The number of halogens is 3. The van der Waals surface area contributed by atoms with Crippen LogP contribution < -0.4 is 5.32 Å². The van der Waals surface area contributed by atoms with Gasteiger partial charge in [0.15, 0.2) is 0 Å². The Morgan fingerprint density at radius 2 is 2.16 bits per heavy atom. The highest BCUT2D eigenvalue weighted by molar-refractivity contribution is 5.81. The monoisotopic (exact) mass is 271 g/mol. The molecule has 0 bridgehead atoms. The van der Waals surface area contributed by atoms with E-state index in [0.29, 0.717) is 5.69 Å². The van der Waals surface area contributed by atoms with Crippen LogP contribution in [-0.2, 0) is 11.2 Å². The standard InChI is InChI=1S/C12H12F3N3O/c1-8-3-2-4-10-17-9(7-18(8)10)5-6-16-11(19)12(13,14)15/h2-4,7H,5-6H2,1H3,(H,16,19). The molecule has 7 heteroatoms. The van der Waals surface area contributed by atoms with E-state index in [-0.39, 0.29) is 13.0 Å². The normalized spacial score (nSPS) is 11.8. The number of hydrogen-bond acceptors (Lipinski definition) is 2. The summed E-state index contributed by atoms with van der Waals surface area (Å²) in [5.74, 6) is -1.92. The summed E-state index contributed by atoms with van der Waals surface area (Å²) >= 11 is 0. The van der Waals surface area contributed by atoms with E-state index >= 15 is 0 Å². The quantitative estimate of drug-likeness (QED) is 0.926. The van der Waals surface area contributed by atoms with Crippen LogP contribution in [0.5, 0.6) is 0 Å². The Morgan fingerprint density at radius 1 is 1.42 bits per heavy atom. The molecule has 0 aliphatic heterocycles. The van der Waals surface area contributed by atoms with Gasteiger partial charge in [-0.25, -0.2) is 4.98 Å². The van der Waals surface area contributed by atoms with E-state index in [1.54, 1.807) is 6.20 Å². The Kier molecular flexibility index (Phi) is 3.46. The molecule has 0 spiro atoms. The first-order chi connectivity index (χ1) is 8.88. The lowest BCUT2D eigenvalue weighted by Crippen LogP contribution is -2.37. The lowest BCUT2D eigenvalue weighted by Gasteiger charge is -2.06. The number of hydrogen-bond donors (Lipinski definition) is 1. The van der Waals surface area contributed by atoms with Crippen LogP contribution in [-0.4, -0.2) is 28.0 Å². The minimum atomic E-state index is -4.84. The van der Waals surface area contributed by atoms with Crippen LogP contribution in [0.4, 0.5) is 13.2 Å². The summed E-state index contributed by atoms with van der Waals surface area (Å²) < 4.78 is 37.7. The lowest BCUT2D eigenvalue weighted by molar-refractivity contribution is -0.173. The fraction of sp³-hybridized carbons (Fsp3) is 0.333. The van der Waals surface area contributed by atoms with Gasteiger partial charge in [0.05, 0.1) is 5.69 Å². The van der Waals surface area contributed by atoms with E-state index in [1.807, 2.05) is 34.8 Å². The molecule has 0 unspecified atom stereocenters. The van der Waals surface area contributed by atoms with Crippen LogP contribution in [0, 0.1) is 6.92 Å². The van der Waals surface area contributed by atoms with Crippen LogP contribution in [0.25, 0.3) is 5.65 Å². The molecule has 1 N–H and O–H groups in total. The zero-order valence-electron chi connectivity index (χ0n) is 10.2. The van der Waals surface area contributed by atoms with Crippen molar-refractivity contribution in [2.75, 3.05) is 6.54 Å². The number of fused-ring (bicyclic) bond motifs is 1. The van der Waals surface area contributed by atoms with E-state index in [0.717, 1.165) is 11.3 Å². The van der Waals surface area contributed by atoms with Crippen molar-refractivity contribution in [2.45, 2.75) is 19.5 Å². The third-order valence-electron chi connectivity index (χ3n) is 2.67. The minimum absolute atomic E-state index is 0.0960. The number of alkyl halides is 3. The summed E-state index contributed by atoms with van der Waals surface area (Å²) in [6, 6.07) is 5.57. The first kappa shape index (κ1) is 13.4. The number of rotatable bonds is 3. The molecule has 0 saturated heterocycles. The minimum Gasteiger partial charge on any atom is -0.348 e. The van der Waals surface area contributed by atoms with Gasteiger partial charge in [0.25, 0.3) is 0 Å². The van der Waals surface area contributed by atoms with Crippen LogP contribution in [0.2, 0.25) is 0 Å². The second-order valence-corrected chi connectivity index (χ2v) is 4.13. The third kappa shape index (κ3) is 3.04. The number of nitrogens with zero attached hydrogens (tertiary/aromatic N) is 2. The first-order valence-electron chi connectivity index (χ1n) is 5.66. The number of carbonyl (C=O) groups excluding carboxylic acids is 1. The Morgan fingerprint density at radius 3 is 2.79 bits per heavy atom. The molecule has 2 aromatic heterocycles. The van der Waals surface area contributed by atoms with E-state index in [2.05, 4.69) is 4.98 Å². The molecule has 2 rings (SSSR count). The summed E-state index contributed by atoms with van der Waals surface area (Å²) in [4.78, 5) is 14.9. The molecule has 2 heterocycles. The Labute approximate surface area is 107 Å². The number of amides is 1. The summed E-state index contributed by atoms with van der Waals surface area (Å²) in [5.41, 5.74) is 2.35. The van der Waals surface area contributed by atoms with E-state index < -0.39 is 12.1 Å². The highest BCUT2D eigenvalue weighted by Gasteiger charge is 2.38. The largest absolute Gasteiger partial charge is 0.471 e. The number of pyridine rings is 1. The highest BCUT2D eigenvalue weighted by Crippen LogP contribution is 2.14. The van der Waals surface area contributed by atoms with Crippen molar-refractivity contribution in [1.82, 2.24) is 14.7 Å². The molecular formula is C12H12F3N3O. The summed E-state index contributed by atoms with van der Waals surface area (Å²) in [7, 11) is 0. The highest BCUT2D eigenvalue weighted by atomic mass is 19.4. The molecular weight excluding hydrogens is 259 g/mol. The molecule has 0 atom stereocenters. The number of carbonyl (C=O) groups is 1. The van der Waals surface area contributed by atoms with Gasteiger partial charge in [-0.3, -0.25) is 4.79 Å². The maximum Gasteiger partial charge on any atom is 0.471 e. The second kappa shape index (κ2) is 4.91. The predicted molar refractivity (Wildman–Crippen MR) is 62.7 cm³/mol. The van der Waals surface area contributed by atoms with Crippen molar-refractivity contribution in [2.24, 2.45) is 0 Å². The second-order valence-electron chi connectivity index (χ2n) is 4.13. The molecule has 0 fully saturated rings. The number of nitrogens with one attached hydrogen (secondary N) is 1. The van der Waals surface area contributed by atoms with Crippen molar-refractivity contribution in [3.63, 3.8) is 0 Å². The van der Waals surface area contributed by atoms with Crippen LogP contribution in [0.3, 0.4) is 0 Å². The smallest absolute Gasteiger partial charge is 0.348 e. The van der Waals surface area contributed by atoms with Gasteiger partial charge in [0.1, 0.15) is 5.65 Å². The maximum atomic E-state index is 12.0. The van der Waals surface area contributed by atoms with E-state index in [1.165, 1.54) is 0 Å². The zero-order valence-corrected chi connectivity index (χ0v) is 10.2. The molecule has 0 saturated carbocycles. The van der Waals surface area contributed by atoms with Crippen molar-refractivity contribution < 1.29 is 18.0 Å². The maximum absolute atomic E-state index is 12.0. The SMILES string of the molecule is Cc1cccc2nc(CCNC(=O)C(F)(F)F)cn12. The summed E-state index contributed by atoms with van der Waals surface area (Å²) in [6.07, 6.45) is -2.83. The molecule has 102 valence electrons. The van der Waals surface area contributed by atoms with Crippen LogP contribution >= 0.6 is 0 Å². The molecule has 1 amide bonds. The van der Waals surface area contributed by atoms with Crippen molar-refractivity contribution >= 4 is 11.6 Å². The Bertz CT molecular complexity index is 604. The number of aryl methyl sites for hydroxylation is 1. The Balaban J connectivity index is 1.99. The molecule has 0 aliphatic rings. The molecule has 2 aromatic rings. The van der Waals surface area contributed by atoms with E-state index in [4.69, 9.17) is 0 Å². The molecule has 0 aromatic carbocycles.